The highest BCUT2D eigenvalue weighted by atomic mass is 16.5. The number of hydrogen-bond donors (Lipinski definition) is 1. The molecular weight excluding hydrogens is 238 g/mol. The summed E-state index contributed by atoms with van der Waals surface area (Å²) in [7, 11) is 1.58. The summed E-state index contributed by atoms with van der Waals surface area (Å²) in [6.07, 6.45) is 1.19. The SMILES string of the molecule is COc1ccc(C(=O)CCc2ccccc2)c(N)c1. The molecule has 0 aliphatic carbocycles. The molecule has 0 amide bonds. The fraction of sp³-hybridized carbons (Fsp3) is 0.188. The molecule has 0 saturated carbocycles. The Morgan fingerprint density at radius 3 is 2.53 bits per heavy atom. The number of methoxy groups -OCH3 is 1. The summed E-state index contributed by atoms with van der Waals surface area (Å²) in [6.45, 7) is 0. The van der Waals surface area contributed by atoms with Crippen LogP contribution in [0.5, 0.6) is 5.75 Å². The number of ketones is 1. The van der Waals surface area contributed by atoms with Gasteiger partial charge in [0.05, 0.1) is 7.11 Å². The molecule has 98 valence electrons. The number of anilines is 1. The van der Waals surface area contributed by atoms with E-state index in [1.54, 1.807) is 25.3 Å². The van der Waals surface area contributed by atoms with Gasteiger partial charge in [0.2, 0.25) is 0 Å². The zero-order valence-electron chi connectivity index (χ0n) is 10.9. The molecule has 2 rings (SSSR count). The Hall–Kier alpha value is -2.29. The molecule has 0 saturated heterocycles. The number of benzene rings is 2. The molecule has 0 aliphatic heterocycles. The molecule has 0 bridgehead atoms. The van der Waals surface area contributed by atoms with Crippen molar-refractivity contribution in [1.29, 1.82) is 0 Å². The summed E-state index contributed by atoms with van der Waals surface area (Å²) in [5, 5.41) is 0. The van der Waals surface area contributed by atoms with Crippen molar-refractivity contribution in [3.05, 3.63) is 59.7 Å². The van der Waals surface area contributed by atoms with Gasteiger partial charge in [-0.25, -0.2) is 0 Å². The van der Waals surface area contributed by atoms with Crippen LogP contribution in [0.1, 0.15) is 22.3 Å². The van der Waals surface area contributed by atoms with Crippen LogP contribution in [0.25, 0.3) is 0 Å². The van der Waals surface area contributed by atoms with Gasteiger partial charge in [0.15, 0.2) is 5.78 Å². The van der Waals surface area contributed by atoms with Crippen LogP contribution in [0, 0.1) is 0 Å². The average molecular weight is 255 g/mol. The summed E-state index contributed by atoms with van der Waals surface area (Å²) < 4.78 is 5.07. The molecule has 0 atom stereocenters. The molecule has 0 heterocycles. The number of nitrogen functional groups attached to an aromatic ring is 1. The summed E-state index contributed by atoms with van der Waals surface area (Å²) in [5.41, 5.74) is 8.06. The van der Waals surface area contributed by atoms with Crippen molar-refractivity contribution in [2.75, 3.05) is 12.8 Å². The summed E-state index contributed by atoms with van der Waals surface area (Å²) in [4.78, 5) is 12.1. The van der Waals surface area contributed by atoms with Crippen LogP contribution in [0.15, 0.2) is 48.5 Å². The molecule has 0 radical (unpaired) electrons. The van der Waals surface area contributed by atoms with Gasteiger partial charge in [-0.3, -0.25) is 4.79 Å². The highest BCUT2D eigenvalue weighted by Gasteiger charge is 2.10. The van der Waals surface area contributed by atoms with Crippen molar-refractivity contribution >= 4 is 11.5 Å². The number of carbonyl (C=O) groups is 1. The van der Waals surface area contributed by atoms with Gasteiger partial charge in [-0.15, -0.1) is 0 Å². The molecule has 0 aliphatic rings. The predicted molar refractivity (Wildman–Crippen MR) is 76.5 cm³/mol. The fourth-order valence-electron chi connectivity index (χ4n) is 1.96. The first kappa shape index (κ1) is 13.1. The Kier molecular flexibility index (Phi) is 4.18. The molecular formula is C16H17NO2. The van der Waals surface area contributed by atoms with Crippen LogP contribution in [0.4, 0.5) is 5.69 Å². The molecule has 0 fully saturated rings. The first-order valence-electron chi connectivity index (χ1n) is 6.21. The summed E-state index contributed by atoms with van der Waals surface area (Å²) in [6, 6.07) is 15.1. The van der Waals surface area contributed by atoms with Gasteiger partial charge in [0, 0.05) is 23.7 Å². The molecule has 3 heteroatoms. The lowest BCUT2D eigenvalue weighted by atomic mass is 10.0. The van der Waals surface area contributed by atoms with E-state index in [1.165, 1.54) is 0 Å². The van der Waals surface area contributed by atoms with Crippen LogP contribution in [0.3, 0.4) is 0 Å². The largest absolute Gasteiger partial charge is 0.497 e. The van der Waals surface area contributed by atoms with E-state index < -0.39 is 0 Å². The van der Waals surface area contributed by atoms with E-state index in [9.17, 15) is 4.79 Å². The molecule has 0 unspecified atom stereocenters. The standard InChI is InChI=1S/C16H17NO2/c1-19-13-8-9-14(15(17)11-13)16(18)10-7-12-5-3-2-4-6-12/h2-6,8-9,11H,7,10,17H2,1H3. The number of Topliss-reactive ketones (excluding diaryl/α,β-unsaturated/α-hetero) is 1. The van der Waals surface area contributed by atoms with Crippen molar-refractivity contribution < 1.29 is 9.53 Å². The van der Waals surface area contributed by atoms with E-state index >= 15 is 0 Å². The highest BCUT2D eigenvalue weighted by Crippen LogP contribution is 2.21. The van der Waals surface area contributed by atoms with E-state index in [1.807, 2.05) is 30.3 Å². The number of carbonyl (C=O) groups excluding carboxylic acids is 1. The van der Waals surface area contributed by atoms with Gasteiger partial charge < -0.3 is 10.5 Å². The maximum Gasteiger partial charge on any atom is 0.165 e. The topological polar surface area (TPSA) is 52.3 Å². The third-order valence-corrected chi connectivity index (χ3v) is 3.04. The fourth-order valence-corrected chi connectivity index (χ4v) is 1.96. The Labute approximate surface area is 113 Å². The van der Waals surface area contributed by atoms with Gasteiger partial charge >= 0.3 is 0 Å². The van der Waals surface area contributed by atoms with Gasteiger partial charge in [-0.2, -0.15) is 0 Å². The van der Waals surface area contributed by atoms with E-state index in [0.717, 1.165) is 12.0 Å². The van der Waals surface area contributed by atoms with Crippen LogP contribution in [0.2, 0.25) is 0 Å². The number of aryl methyl sites for hydroxylation is 1. The first-order valence-corrected chi connectivity index (χ1v) is 6.21. The number of nitrogens with two attached hydrogens (primary N) is 1. The molecule has 0 spiro atoms. The van der Waals surface area contributed by atoms with Crippen LogP contribution in [-0.4, -0.2) is 12.9 Å². The number of rotatable bonds is 5. The number of ether oxygens (including phenoxy) is 1. The minimum Gasteiger partial charge on any atom is -0.497 e. The molecule has 19 heavy (non-hydrogen) atoms. The molecule has 2 aromatic carbocycles. The smallest absolute Gasteiger partial charge is 0.165 e. The normalized spacial score (nSPS) is 10.2. The van der Waals surface area contributed by atoms with E-state index in [2.05, 4.69) is 0 Å². The zero-order valence-corrected chi connectivity index (χ0v) is 10.9. The summed E-state index contributed by atoms with van der Waals surface area (Å²) in [5.74, 6) is 0.723. The second kappa shape index (κ2) is 6.05. The Morgan fingerprint density at radius 1 is 1.16 bits per heavy atom. The van der Waals surface area contributed by atoms with Crippen molar-refractivity contribution in [3.63, 3.8) is 0 Å². The van der Waals surface area contributed by atoms with E-state index in [-0.39, 0.29) is 5.78 Å². The molecule has 2 N–H and O–H groups in total. The molecule has 0 aromatic heterocycles. The maximum absolute atomic E-state index is 12.1. The van der Waals surface area contributed by atoms with Crippen LogP contribution < -0.4 is 10.5 Å². The van der Waals surface area contributed by atoms with Crippen molar-refractivity contribution in [1.82, 2.24) is 0 Å². The second-order valence-electron chi connectivity index (χ2n) is 4.36. The summed E-state index contributed by atoms with van der Waals surface area (Å²) >= 11 is 0. The Bertz CT molecular complexity index is 564. The highest BCUT2D eigenvalue weighted by molar-refractivity contribution is 6.01. The second-order valence-corrected chi connectivity index (χ2v) is 4.36. The predicted octanol–water partition coefficient (Wildman–Crippen LogP) is 3.09. The lowest BCUT2D eigenvalue weighted by molar-refractivity contribution is 0.0983. The lowest BCUT2D eigenvalue weighted by Gasteiger charge is -2.07. The van der Waals surface area contributed by atoms with Crippen molar-refractivity contribution in [2.45, 2.75) is 12.8 Å². The Morgan fingerprint density at radius 2 is 1.89 bits per heavy atom. The van der Waals surface area contributed by atoms with Gasteiger partial charge in [0.25, 0.3) is 0 Å². The van der Waals surface area contributed by atoms with Gasteiger partial charge in [-0.1, -0.05) is 30.3 Å². The quantitative estimate of drug-likeness (QED) is 0.659. The third-order valence-electron chi connectivity index (χ3n) is 3.04. The lowest BCUT2D eigenvalue weighted by Crippen LogP contribution is -2.05. The van der Waals surface area contributed by atoms with E-state index in [0.29, 0.717) is 23.4 Å². The van der Waals surface area contributed by atoms with E-state index in [4.69, 9.17) is 10.5 Å². The van der Waals surface area contributed by atoms with Crippen LogP contribution in [-0.2, 0) is 6.42 Å². The van der Waals surface area contributed by atoms with Crippen LogP contribution >= 0.6 is 0 Å². The zero-order chi connectivity index (χ0) is 13.7. The number of hydrogen-bond acceptors (Lipinski definition) is 3. The third kappa shape index (κ3) is 3.35. The van der Waals surface area contributed by atoms with Gasteiger partial charge in [-0.05, 0) is 24.1 Å². The first-order chi connectivity index (χ1) is 9.20. The van der Waals surface area contributed by atoms with Gasteiger partial charge in [0.1, 0.15) is 5.75 Å². The molecule has 3 nitrogen and oxygen atoms in total. The Balaban J connectivity index is 2.04. The average Bonchev–Trinajstić information content (AvgIpc) is 2.45. The minimum absolute atomic E-state index is 0.0593. The molecule has 2 aromatic rings. The van der Waals surface area contributed by atoms with Crippen molar-refractivity contribution in [2.24, 2.45) is 0 Å². The van der Waals surface area contributed by atoms with Crippen molar-refractivity contribution in [3.8, 4) is 5.75 Å². The maximum atomic E-state index is 12.1. The minimum atomic E-state index is 0.0593. The monoisotopic (exact) mass is 255 g/mol.